The Balaban J connectivity index is 1.89. The lowest BCUT2D eigenvalue weighted by molar-refractivity contribution is -0.118. The van der Waals surface area contributed by atoms with Crippen molar-refractivity contribution in [2.45, 2.75) is 0 Å². The average Bonchev–Trinajstić information content (AvgIpc) is 2.81. The lowest BCUT2D eigenvalue weighted by atomic mass is 10.4. The zero-order chi connectivity index (χ0) is 12.1. The zero-order valence-corrected chi connectivity index (χ0v) is 9.49. The highest BCUT2D eigenvalue weighted by molar-refractivity contribution is 7.13. The zero-order valence-electron chi connectivity index (χ0n) is 8.67. The van der Waals surface area contributed by atoms with Gasteiger partial charge in [-0.05, 0) is 12.1 Å². The Morgan fingerprint density at radius 2 is 2.47 bits per heavy atom. The van der Waals surface area contributed by atoms with E-state index in [1.807, 2.05) is 0 Å². The molecule has 0 saturated carbocycles. The molecule has 2 heterocycles. The summed E-state index contributed by atoms with van der Waals surface area (Å²) in [7, 11) is 0. The Morgan fingerprint density at radius 3 is 3.18 bits per heavy atom. The van der Waals surface area contributed by atoms with E-state index >= 15 is 0 Å². The Labute approximate surface area is 100 Å². The van der Waals surface area contributed by atoms with Gasteiger partial charge < -0.3 is 9.72 Å². The maximum atomic E-state index is 11.4. The SMILES string of the molecule is O=C(COc1ccc[nH]c1=O)Nc1nccs1. The fraction of sp³-hybridized carbons (Fsp3) is 0.100. The van der Waals surface area contributed by atoms with Crippen molar-refractivity contribution >= 4 is 22.4 Å². The highest BCUT2D eigenvalue weighted by Crippen LogP contribution is 2.09. The predicted octanol–water partition coefficient (Wildman–Crippen LogP) is 0.849. The number of ether oxygens (including phenoxy) is 1. The predicted molar refractivity (Wildman–Crippen MR) is 63.3 cm³/mol. The monoisotopic (exact) mass is 251 g/mol. The van der Waals surface area contributed by atoms with Crippen molar-refractivity contribution in [1.82, 2.24) is 9.97 Å². The molecule has 2 rings (SSSR count). The van der Waals surface area contributed by atoms with Gasteiger partial charge in [0.2, 0.25) is 0 Å². The van der Waals surface area contributed by atoms with Crippen LogP contribution in [0.1, 0.15) is 0 Å². The third kappa shape index (κ3) is 3.15. The second-order valence-corrected chi connectivity index (χ2v) is 3.93. The number of nitrogens with zero attached hydrogens (tertiary/aromatic N) is 1. The fourth-order valence-corrected chi connectivity index (χ4v) is 1.65. The van der Waals surface area contributed by atoms with E-state index in [1.165, 1.54) is 23.6 Å². The van der Waals surface area contributed by atoms with Crippen LogP contribution in [-0.4, -0.2) is 22.5 Å². The Bertz CT molecular complexity index is 550. The number of amides is 1. The largest absolute Gasteiger partial charge is 0.478 e. The lowest BCUT2D eigenvalue weighted by Crippen LogP contribution is -2.22. The highest BCUT2D eigenvalue weighted by Gasteiger charge is 2.06. The minimum Gasteiger partial charge on any atom is -0.478 e. The molecule has 0 unspecified atom stereocenters. The molecule has 2 aromatic rings. The number of hydrogen-bond acceptors (Lipinski definition) is 5. The van der Waals surface area contributed by atoms with Gasteiger partial charge in [-0.3, -0.25) is 14.9 Å². The number of rotatable bonds is 4. The van der Waals surface area contributed by atoms with E-state index in [2.05, 4.69) is 15.3 Å². The third-order valence-electron chi connectivity index (χ3n) is 1.82. The number of H-pyrrole nitrogens is 1. The van der Waals surface area contributed by atoms with Gasteiger partial charge in [-0.2, -0.15) is 0 Å². The van der Waals surface area contributed by atoms with Crippen LogP contribution in [0.15, 0.2) is 34.7 Å². The van der Waals surface area contributed by atoms with Gasteiger partial charge in [0.25, 0.3) is 11.5 Å². The Hall–Kier alpha value is -2.15. The topological polar surface area (TPSA) is 84.1 Å². The van der Waals surface area contributed by atoms with Gasteiger partial charge in [0.15, 0.2) is 17.5 Å². The molecule has 0 atom stereocenters. The standard InChI is InChI=1S/C10H9N3O3S/c14-8(13-10-12-4-5-17-10)6-16-7-2-1-3-11-9(7)15/h1-5H,6H2,(H,11,15)(H,12,13,14). The van der Waals surface area contributed by atoms with Crippen LogP contribution < -0.4 is 15.6 Å². The average molecular weight is 251 g/mol. The Morgan fingerprint density at radius 1 is 1.59 bits per heavy atom. The number of carbonyl (C=O) groups excluding carboxylic acids is 1. The van der Waals surface area contributed by atoms with E-state index in [1.54, 1.807) is 17.6 Å². The molecule has 0 aliphatic heterocycles. The van der Waals surface area contributed by atoms with Crippen LogP contribution in [0.25, 0.3) is 0 Å². The van der Waals surface area contributed by atoms with Crippen molar-refractivity contribution in [2.24, 2.45) is 0 Å². The molecule has 2 N–H and O–H groups in total. The molecule has 17 heavy (non-hydrogen) atoms. The van der Waals surface area contributed by atoms with Gasteiger partial charge in [-0.1, -0.05) is 0 Å². The summed E-state index contributed by atoms with van der Waals surface area (Å²) in [5.74, 6) is -0.245. The molecule has 0 radical (unpaired) electrons. The molecule has 2 aromatic heterocycles. The number of aromatic nitrogens is 2. The molecular formula is C10H9N3O3S. The summed E-state index contributed by atoms with van der Waals surface area (Å²) in [5.41, 5.74) is -0.366. The summed E-state index contributed by atoms with van der Waals surface area (Å²) in [6.45, 7) is -0.229. The molecule has 0 spiro atoms. The molecule has 0 aromatic carbocycles. The normalized spacial score (nSPS) is 9.88. The van der Waals surface area contributed by atoms with E-state index in [4.69, 9.17) is 4.74 Å². The number of carbonyl (C=O) groups is 1. The van der Waals surface area contributed by atoms with Crippen LogP contribution in [0.4, 0.5) is 5.13 Å². The molecular weight excluding hydrogens is 242 g/mol. The van der Waals surface area contributed by atoms with Crippen LogP contribution in [0, 0.1) is 0 Å². The summed E-state index contributed by atoms with van der Waals surface area (Å²) < 4.78 is 5.07. The summed E-state index contributed by atoms with van der Waals surface area (Å²) in [5, 5.41) is 4.79. The van der Waals surface area contributed by atoms with Gasteiger partial charge in [-0.25, -0.2) is 4.98 Å². The van der Waals surface area contributed by atoms with Crippen LogP contribution in [-0.2, 0) is 4.79 Å². The van der Waals surface area contributed by atoms with Gasteiger partial charge in [0.1, 0.15) is 0 Å². The first-order chi connectivity index (χ1) is 8.25. The van der Waals surface area contributed by atoms with E-state index in [0.717, 1.165) is 0 Å². The smallest absolute Gasteiger partial charge is 0.290 e. The van der Waals surface area contributed by atoms with Crippen LogP contribution >= 0.6 is 11.3 Å². The molecule has 88 valence electrons. The number of nitrogens with one attached hydrogen (secondary N) is 2. The number of anilines is 1. The third-order valence-corrected chi connectivity index (χ3v) is 2.51. The molecule has 7 heteroatoms. The summed E-state index contributed by atoms with van der Waals surface area (Å²) in [6.07, 6.45) is 3.08. The van der Waals surface area contributed by atoms with Crippen molar-refractivity contribution < 1.29 is 9.53 Å². The van der Waals surface area contributed by atoms with Crippen molar-refractivity contribution in [1.29, 1.82) is 0 Å². The molecule has 6 nitrogen and oxygen atoms in total. The van der Waals surface area contributed by atoms with E-state index in [0.29, 0.717) is 5.13 Å². The number of hydrogen-bond donors (Lipinski definition) is 2. The lowest BCUT2D eigenvalue weighted by Gasteiger charge is -2.04. The summed E-state index contributed by atoms with van der Waals surface area (Å²) in [6, 6.07) is 3.12. The minimum absolute atomic E-state index is 0.113. The van der Waals surface area contributed by atoms with E-state index in [-0.39, 0.29) is 23.8 Å². The number of thiazole rings is 1. The van der Waals surface area contributed by atoms with E-state index in [9.17, 15) is 9.59 Å². The van der Waals surface area contributed by atoms with Gasteiger partial charge in [0, 0.05) is 17.8 Å². The maximum absolute atomic E-state index is 11.4. The van der Waals surface area contributed by atoms with Crippen molar-refractivity contribution in [3.05, 3.63) is 40.3 Å². The second kappa shape index (κ2) is 5.26. The summed E-state index contributed by atoms with van der Waals surface area (Å²) >= 11 is 1.31. The highest BCUT2D eigenvalue weighted by atomic mass is 32.1. The van der Waals surface area contributed by atoms with E-state index < -0.39 is 0 Å². The van der Waals surface area contributed by atoms with Crippen molar-refractivity contribution in [3.63, 3.8) is 0 Å². The maximum Gasteiger partial charge on any atom is 0.290 e. The molecule has 0 aliphatic carbocycles. The minimum atomic E-state index is -0.366. The first-order valence-electron chi connectivity index (χ1n) is 4.75. The molecule has 0 fully saturated rings. The first kappa shape index (κ1) is 11.3. The Kier molecular flexibility index (Phi) is 3.51. The summed E-state index contributed by atoms with van der Waals surface area (Å²) in [4.78, 5) is 29.0. The number of aromatic amines is 1. The van der Waals surface area contributed by atoms with Crippen LogP contribution in [0.2, 0.25) is 0 Å². The molecule has 0 bridgehead atoms. The van der Waals surface area contributed by atoms with Crippen molar-refractivity contribution in [2.75, 3.05) is 11.9 Å². The van der Waals surface area contributed by atoms with Crippen molar-refractivity contribution in [3.8, 4) is 5.75 Å². The molecule has 0 aliphatic rings. The quantitative estimate of drug-likeness (QED) is 0.843. The van der Waals surface area contributed by atoms with Crippen LogP contribution in [0.5, 0.6) is 5.75 Å². The first-order valence-corrected chi connectivity index (χ1v) is 5.63. The molecule has 0 saturated heterocycles. The number of pyridine rings is 1. The molecule has 1 amide bonds. The van der Waals surface area contributed by atoms with Crippen LogP contribution in [0.3, 0.4) is 0 Å². The van der Waals surface area contributed by atoms with Gasteiger partial charge in [-0.15, -0.1) is 11.3 Å². The van der Waals surface area contributed by atoms with Gasteiger partial charge >= 0.3 is 0 Å². The van der Waals surface area contributed by atoms with Gasteiger partial charge in [0.05, 0.1) is 0 Å². The second-order valence-electron chi connectivity index (χ2n) is 3.04. The fourth-order valence-electron chi connectivity index (χ4n) is 1.10.